The zero-order valence-electron chi connectivity index (χ0n) is 11.1. The summed E-state index contributed by atoms with van der Waals surface area (Å²) in [6.45, 7) is 4.16. The molecule has 0 aromatic carbocycles. The second-order valence-corrected chi connectivity index (χ2v) is 5.75. The smallest absolute Gasteiger partial charge is 0.326 e. The molecule has 0 radical (unpaired) electrons. The summed E-state index contributed by atoms with van der Waals surface area (Å²) in [5.41, 5.74) is 0. The van der Waals surface area contributed by atoms with Crippen LogP contribution in [-0.2, 0) is 4.79 Å². The van der Waals surface area contributed by atoms with Crippen molar-refractivity contribution in [2.45, 2.75) is 37.8 Å². The van der Waals surface area contributed by atoms with Crippen molar-refractivity contribution in [1.29, 1.82) is 0 Å². The van der Waals surface area contributed by atoms with E-state index in [-0.39, 0.29) is 6.03 Å². The van der Waals surface area contributed by atoms with Crippen LogP contribution in [0.5, 0.6) is 0 Å². The van der Waals surface area contributed by atoms with Crippen molar-refractivity contribution < 1.29 is 14.7 Å². The van der Waals surface area contributed by atoms with E-state index in [0.29, 0.717) is 19.0 Å². The summed E-state index contributed by atoms with van der Waals surface area (Å²) in [7, 11) is 0. The van der Waals surface area contributed by atoms with E-state index in [1.54, 1.807) is 4.90 Å². The fourth-order valence-electron chi connectivity index (χ4n) is 3.60. The van der Waals surface area contributed by atoms with Crippen LogP contribution < -0.4 is 0 Å². The Morgan fingerprint density at radius 2 is 1.79 bits per heavy atom. The molecule has 2 amide bonds. The highest BCUT2D eigenvalue weighted by molar-refractivity contribution is 5.83. The lowest BCUT2D eigenvalue weighted by atomic mass is 10.1. The summed E-state index contributed by atoms with van der Waals surface area (Å²) >= 11 is 0. The summed E-state index contributed by atoms with van der Waals surface area (Å²) in [6, 6.07) is -0.200. The van der Waals surface area contributed by atoms with Gasteiger partial charge >= 0.3 is 12.0 Å². The highest BCUT2D eigenvalue weighted by Crippen LogP contribution is 2.24. The van der Waals surface area contributed by atoms with Crippen molar-refractivity contribution in [1.82, 2.24) is 14.7 Å². The summed E-state index contributed by atoms with van der Waals surface area (Å²) in [5.74, 6) is -0.870. The van der Waals surface area contributed by atoms with Gasteiger partial charge in [-0.25, -0.2) is 9.59 Å². The number of urea groups is 1. The summed E-state index contributed by atoms with van der Waals surface area (Å²) < 4.78 is 0. The topological polar surface area (TPSA) is 64.1 Å². The lowest BCUT2D eigenvalue weighted by Gasteiger charge is -2.39. The fraction of sp³-hybridized carbons (Fsp3) is 0.846. The maximum absolute atomic E-state index is 12.5. The van der Waals surface area contributed by atoms with Crippen molar-refractivity contribution in [3.63, 3.8) is 0 Å². The third kappa shape index (κ3) is 2.29. The number of carbonyl (C=O) groups excluding carboxylic acids is 1. The van der Waals surface area contributed by atoms with Gasteiger partial charge in [0.05, 0.1) is 0 Å². The van der Waals surface area contributed by atoms with Gasteiger partial charge in [0.2, 0.25) is 0 Å². The van der Waals surface area contributed by atoms with Crippen molar-refractivity contribution in [2.24, 2.45) is 0 Å². The van der Waals surface area contributed by atoms with Gasteiger partial charge in [-0.2, -0.15) is 0 Å². The molecule has 0 aromatic rings. The van der Waals surface area contributed by atoms with Gasteiger partial charge in [0, 0.05) is 32.2 Å². The Kier molecular flexibility index (Phi) is 3.35. The lowest BCUT2D eigenvalue weighted by molar-refractivity contribution is -0.141. The molecule has 3 aliphatic heterocycles. The molecule has 3 heterocycles. The standard InChI is InChI=1S/C13H21N3O3/c17-12(18)11-4-2-6-16(11)13(19)15-8-7-14-5-1-3-10(14)9-15/h10-11H,1-9H2,(H,17,18)/t10?,11-/m0/s1. The molecule has 106 valence electrons. The van der Waals surface area contributed by atoms with Gasteiger partial charge in [0.15, 0.2) is 0 Å². The van der Waals surface area contributed by atoms with Crippen LogP contribution in [0.3, 0.4) is 0 Å². The summed E-state index contributed by atoms with van der Waals surface area (Å²) in [4.78, 5) is 29.5. The third-order valence-electron chi connectivity index (χ3n) is 4.64. The van der Waals surface area contributed by atoms with Gasteiger partial charge in [-0.3, -0.25) is 4.90 Å². The molecule has 6 nitrogen and oxygen atoms in total. The van der Waals surface area contributed by atoms with E-state index in [2.05, 4.69) is 4.90 Å². The minimum absolute atomic E-state index is 0.0727. The highest BCUT2D eigenvalue weighted by atomic mass is 16.4. The van der Waals surface area contributed by atoms with Crippen LogP contribution in [0.25, 0.3) is 0 Å². The number of fused-ring (bicyclic) bond motifs is 1. The van der Waals surface area contributed by atoms with Crippen molar-refractivity contribution in [2.75, 3.05) is 32.7 Å². The van der Waals surface area contributed by atoms with Gasteiger partial charge in [-0.05, 0) is 32.2 Å². The first-order valence-corrected chi connectivity index (χ1v) is 7.19. The summed E-state index contributed by atoms with van der Waals surface area (Å²) in [6.07, 6.45) is 3.76. The van der Waals surface area contributed by atoms with E-state index < -0.39 is 12.0 Å². The second kappa shape index (κ2) is 5.00. The monoisotopic (exact) mass is 267 g/mol. The third-order valence-corrected chi connectivity index (χ3v) is 4.64. The first-order valence-electron chi connectivity index (χ1n) is 7.19. The van der Waals surface area contributed by atoms with Gasteiger partial charge in [0.25, 0.3) is 0 Å². The normalized spacial score (nSPS) is 31.6. The molecule has 2 atom stereocenters. The van der Waals surface area contributed by atoms with Crippen molar-refractivity contribution >= 4 is 12.0 Å². The van der Waals surface area contributed by atoms with Crippen LogP contribution in [0.2, 0.25) is 0 Å². The van der Waals surface area contributed by atoms with E-state index in [4.69, 9.17) is 5.11 Å². The number of hydrogen-bond donors (Lipinski definition) is 1. The molecule has 1 unspecified atom stereocenters. The number of hydrogen-bond acceptors (Lipinski definition) is 3. The Labute approximate surface area is 112 Å². The molecule has 3 aliphatic rings. The van der Waals surface area contributed by atoms with Gasteiger partial charge in [0.1, 0.15) is 6.04 Å². The predicted molar refractivity (Wildman–Crippen MR) is 68.9 cm³/mol. The number of likely N-dealkylation sites (tertiary alicyclic amines) is 1. The zero-order chi connectivity index (χ0) is 13.4. The Bertz CT molecular complexity index is 387. The lowest BCUT2D eigenvalue weighted by Crippen LogP contribution is -2.56. The number of carbonyl (C=O) groups is 2. The first kappa shape index (κ1) is 12.7. The molecule has 3 saturated heterocycles. The molecular formula is C13H21N3O3. The van der Waals surface area contributed by atoms with E-state index in [1.807, 2.05) is 4.90 Å². The van der Waals surface area contributed by atoms with E-state index >= 15 is 0 Å². The van der Waals surface area contributed by atoms with Crippen molar-refractivity contribution in [3.8, 4) is 0 Å². The largest absolute Gasteiger partial charge is 0.480 e. The van der Waals surface area contributed by atoms with Crippen molar-refractivity contribution in [3.05, 3.63) is 0 Å². The Balaban J connectivity index is 1.65. The van der Waals surface area contributed by atoms with Gasteiger partial charge in [-0.1, -0.05) is 0 Å². The number of nitrogens with zero attached hydrogens (tertiary/aromatic N) is 3. The fourth-order valence-corrected chi connectivity index (χ4v) is 3.60. The molecule has 3 fully saturated rings. The molecule has 0 aromatic heterocycles. The Hall–Kier alpha value is -1.30. The average molecular weight is 267 g/mol. The van der Waals surface area contributed by atoms with E-state index in [9.17, 15) is 9.59 Å². The molecule has 0 spiro atoms. The Morgan fingerprint density at radius 1 is 1.00 bits per heavy atom. The number of carboxylic acids is 1. The average Bonchev–Trinajstić information content (AvgIpc) is 3.05. The highest BCUT2D eigenvalue weighted by Gasteiger charge is 2.39. The summed E-state index contributed by atoms with van der Waals surface area (Å²) in [5, 5.41) is 9.16. The minimum atomic E-state index is -0.870. The quantitative estimate of drug-likeness (QED) is 0.748. The molecule has 6 heteroatoms. The maximum atomic E-state index is 12.5. The van der Waals surface area contributed by atoms with Gasteiger partial charge in [-0.15, -0.1) is 0 Å². The number of aliphatic carboxylic acids is 1. The van der Waals surface area contributed by atoms with Crippen LogP contribution in [-0.4, -0.2) is 76.6 Å². The Morgan fingerprint density at radius 3 is 2.58 bits per heavy atom. The number of amides is 2. The van der Waals surface area contributed by atoms with E-state index in [1.165, 1.54) is 6.42 Å². The SMILES string of the molecule is O=C(O)[C@@H]1CCCN1C(=O)N1CCN2CCCC2C1. The molecule has 1 N–H and O–H groups in total. The zero-order valence-corrected chi connectivity index (χ0v) is 11.1. The number of piperazine rings is 1. The van der Waals surface area contributed by atoms with E-state index in [0.717, 1.165) is 39.0 Å². The molecule has 19 heavy (non-hydrogen) atoms. The van der Waals surface area contributed by atoms with Crippen LogP contribution in [0, 0.1) is 0 Å². The maximum Gasteiger partial charge on any atom is 0.326 e. The predicted octanol–water partition coefficient (Wildman–Crippen LogP) is 0.435. The first-order chi connectivity index (χ1) is 9.16. The second-order valence-electron chi connectivity index (χ2n) is 5.75. The van der Waals surface area contributed by atoms with Crippen LogP contribution in [0.15, 0.2) is 0 Å². The molecule has 0 aliphatic carbocycles. The minimum Gasteiger partial charge on any atom is -0.480 e. The molecule has 0 saturated carbocycles. The van der Waals surface area contributed by atoms with Crippen LogP contribution in [0.1, 0.15) is 25.7 Å². The number of rotatable bonds is 1. The molecule has 3 rings (SSSR count). The van der Waals surface area contributed by atoms with Crippen LogP contribution in [0.4, 0.5) is 4.79 Å². The van der Waals surface area contributed by atoms with Crippen LogP contribution >= 0.6 is 0 Å². The molecule has 0 bridgehead atoms. The van der Waals surface area contributed by atoms with Gasteiger partial charge < -0.3 is 14.9 Å². The molecular weight excluding hydrogens is 246 g/mol. The number of carboxylic acid groups (broad SMARTS) is 1.